The lowest BCUT2D eigenvalue weighted by molar-refractivity contribution is -0.399. The van der Waals surface area contributed by atoms with Crippen LogP contribution in [0.3, 0.4) is 0 Å². The molecule has 0 amide bonds. The minimum Gasteiger partial charge on any atom is -0.463 e. The molecule has 0 spiro atoms. The molecule has 11 atom stereocenters. The van der Waals surface area contributed by atoms with Crippen LogP contribution in [0, 0.1) is 0 Å². The topological polar surface area (TPSA) is 153 Å². The predicted octanol–water partition coefficient (Wildman–Crippen LogP) is 5.89. The normalized spacial score (nSPS) is 29.5. The summed E-state index contributed by atoms with van der Waals surface area (Å²) < 4.78 is 70.1. The van der Waals surface area contributed by atoms with Crippen molar-refractivity contribution in [2.75, 3.05) is 19.8 Å². The van der Waals surface area contributed by atoms with Gasteiger partial charge in [0.2, 0.25) is 0 Å². The van der Waals surface area contributed by atoms with Crippen molar-refractivity contribution in [1.29, 1.82) is 0 Å². The highest BCUT2D eigenvalue weighted by atomic mass is 28.3. The van der Waals surface area contributed by atoms with Gasteiger partial charge in [-0.25, -0.2) is 0 Å². The van der Waals surface area contributed by atoms with E-state index >= 15 is 0 Å². The Morgan fingerprint density at radius 3 is 1.78 bits per heavy atom. The van der Waals surface area contributed by atoms with Gasteiger partial charge in [0.25, 0.3) is 0 Å². The maximum Gasteiger partial charge on any atom is 0.303 e. The largest absolute Gasteiger partial charge is 0.463 e. The monoisotopic (exact) mass is 836 g/mol. The SMILES string of the molecule is CC(=O)OC[C@H]1O[C@H](O[C@H]2[C@H](OCC[Si](C)(C)C)O[C@@H]3COC(c4ccccc4)O[C@@H]3[C@@H]2OCc2ccccc2)[C@H](OCc2ccccc2)[C@@H](OC(C)=O)[C@@H]1OC(C)=O. The van der Waals surface area contributed by atoms with Crippen molar-refractivity contribution in [3.8, 4) is 0 Å². The Balaban J connectivity index is 1.41. The van der Waals surface area contributed by atoms with E-state index in [0.717, 1.165) is 22.7 Å². The molecule has 1 unspecified atom stereocenters. The molecule has 3 aromatic rings. The molecule has 3 saturated heterocycles. The van der Waals surface area contributed by atoms with Gasteiger partial charge < -0.3 is 52.1 Å². The van der Waals surface area contributed by atoms with Crippen LogP contribution in [0.1, 0.15) is 43.8 Å². The summed E-state index contributed by atoms with van der Waals surface area (Å²) in [5.41, 5.74) is 2.54. The maximum absolute atomic E-state index is 12.8. The molecule has 0 bridgehead atoms. The first-order valence-corrected chi connectivity index (χ1v) is 23.7. The lowest BCUT2D eigenvalue weighted by atomic mass is 9.95. The first-order valence-electron chi connectivity index (χ1n) is 20.0. The fourth-order valence-electron chi connectivity index (χ4n) is 7.12. The molecule has 0 radical (unpaired) electrons. The Bertz CT molecular complexity index is 1780. The summed E-state index contributed by atoms with van der Waals surface area (Å²) in [6.07, 6.45) is -11.2. The molecule has 320 valence electrons. The highest BCUT2D eigenvalue weighted by molar-refractivity contribution is 6.76. The number of rotatable bonds is 17. The molecule has 0 aliphatic carbocycles. The van der Waals surface area contributed by atoms with E-state index in [1.807, 2.05) is 91.0 Å². The fourth-order valence-corrected chi connectivity index (χ4v) is 7.85. The van der Waals surface area contributed by atoms with Crippen molar-refractivity contribution in [2.24, 2.45) is 0 Å². The van der Waals surface area contributed by atoms with E-state index in [1.165, 1.54) is 20.8 Å². The number of carbonyl (C=O) groups excluding carboxylic acids is 3. The molecule has 3 fully saturated rings. The van der Waals surface area contributed by atoms with Gasteiger partial charge in [0.15, 0.2) is 31.1 Å². The smallest absolute Gasteiger partial charge is 0.303 e. The van der Waals surface area contributed by atoms with Crippen LogP contribution in [0.25, 0.3) is 0 Å². The third kappa shape index (κ3) is 12.7. The van der Waals surface area contributed by atoms with E-state index in [9.17, 15) is 14.4 Å². The molecule has 0 saturated carbocycles. The molecule has 14 nitrogen and oxygen atoms in total. The van der Waals surface area contributed by atoms with Crippen molar-refractivity contribution in [1.82, 2.24) is 0 Å². The highest BCUT2D eigenvalue weighted by Crippen LogP contribution is 2.40. The van der Waals surface area contributed by atoms with E-state index in [1.54, 1.807) is 0 Å². The molecule has 59 heavy (non-hydrogen) atoms. The van der Waals surface area contributed by atoms with Gasteiger partial charge in [-0.3, -0.25) is 14.4 Å². The molecular formula is C44H56O14Si. The summed E-state index contributed by atoms with van der Waals surface area (Å²) in [7, 11) is -1.57. The number of hydrogen-bond acceptors (Lipinski definition) is 14. The lowest BCUT2D eigenvalue weighted by Gasteiger charge is -2.51. The first-order chi connectivity index (χ1) is 28.3. The summed E-state index contributed by atoms with van der Waals surface area (Å²) >= 11 is 0. The molecule has 0 N–H and O–H groups in total. The van der Waals surface area contributed by atoms with Crippen LogP contribution in [0.2, 0.25) is 25.7 Å². The molecule has 3 heterocycles. The third-order valence-electron chi connectivity index (χ3n) is 10.00. The molecule has 3 aliphatic rings. The number of esters is 3. The zero-order valence-electron chi connectivity index (χ0n) is 34.5. The Morgan fingerprint density at radius 2 is 1.20 bits per heavy atom. The number of hydrogen-bond donors (Lipinski definition) is 0. The van der Waals surface area contributed by atoms with Crippen LogP contribution in [0.4, 0.5) is 0 Å². The Hall–Kier alpha value is -4.03. The van der Waals surface area contributed by atoms with Gasteiger partial charge in [-0.15, -0.1) is 0 Å². The van der Waals surface area contributed by atoms with E-state index in [2.05, 4.69) is 19.6 Å². The quantitative estimate of drug-likeness (QED) is 0.0903. The molecular weight excluding hydrogens is 781 g/mol. The molecule has 3 aliphatic heterocycles. The second-order valence-electron chi connectivity index (χ2n) is 16.0. The van der Waals surface area contributed by atoms with E-state index in [4.69, 9.17) is 52.1 Å². The minimum absolute atomic E-state index is 0.0447. The van der Waals surface area contributed by atoms with Gasteiger partial charge in [-0.1, -0.05) is 111 Å². The number of carbonyl (C=O) groups is 3. The molecule has 0 aromatic heterocycles. The van der Waals surface area contributed by atoms with E-state index < -0.39 is 93.7 Å². The van der Waals surface area contributed by atoms with Crippen LogP contribution in [0.15, 0.2) is 91.0 Å². The van der Waals surface area contributed by atoms with Gasteiger partial charge in [-0.05, 0) is 17.2 Å². The second kappa shape index (κ2) is 21.0. The van der Waals surface area contributed by atoms with Crippen LogP contribution < -0.4 is 0 Å². The first kappa shape index (κ1) is 44.5. The third-order valence-corrected chi connectivity index (χ3v) is 11.7. The van der Waals surface area contributed by atoms with Crippen molar-refractivity contribution in [3.05, 3.63) is 108 Å². The number of benzene rings is 3. The Morgan fingerprint density at radius 1 is 0.627 bits per heavy atom. The Kier molecular flexibility index (Phi) is 15.8. The van der Waals surface area contributed by atoms with Crippen LogP contribution in [-0.4, -0.2) is 107 Å². The zero-order chi connectivity index (χ0) is 41.9. The van der Waals surface area contributed by atoms with Crippen LogP contribution >= 0.6 is 0 Å². The van der Waals surface area contributed by atoms with Gasteiger partial charge in [0.05, 0.1) is 19.8 Å². The second-order valence-corrected chi connectivity index (χ2v) is 21.6. The Labute approximate surface area is 346 Å². The van der Waals surface area contributed by atoms with E-state index in [-0.39, 0.29) is 26.4 Å². The fraction of sp³-hybridized carbons (Fsp3) is 0.523. The summed E-state index contributed by atoms with van der Waals surface area (Å²) in [5, 5.41) is 0. The molecule has 15 heteroatoms. The summed E-state index contributed by atoms with van der Waals surface area (Å²) in [6.45, 7) is 10.9. The van der Waals surface area contributed by atoms with Crippen molar-refractivity contribution in [2.45, 2.75) is 127 Å². The average molecular weight is 837 g/mol. The highest BCUT2D eigenvalue weighted by Gasteiger charge is 2.57. The van der Waals surface area contributed by atoms with E-state index in [0.29, 0.717) is 6.61 Å². The predicted molar refractivity (Wildman–Crippen MR) is 214 cm³/mol. The number of ether oxygens (including phenoxy) is 11. The summed E-state index contributed by atoms with van der Waals surface area (Å²) in [5.74, 6) is -1.94. The number of fused-ring (bicyclic) bond motifs is 1. The van der Waals surface area contributed by atoms with Crippen LogP contribution in [-0.2, 0) is 79.7 Å². The van der Waals surface area contributed by atoms with Gasteiger partial charge >= 0.3 is 17.9 Å². The van der Waals surface area contributed by atoms with Gasteiger partial charge in [0.1, 0.15) is 43.2 Å². The molecule has 3 aromatic carbocycles. The average Bonchev–Trinajstić information content (AvgIpc) is 3.20. The molecule has 6 rings (SSSR count). The standard InChI is InChI=1S/C44H56O14Si/c1-28(45)49-26-34-37(53-29(2)46)39(54-30(3)47)40(51-25-32-18-12-8-13-19-32)44(56-34)58-41-38(50-24-31-16-10-7-11-17-31)36-35(55-43(41)48-22-23-59(4,5)6)27-52-42(57-36)33-20-14-9-15-21-33/h7-21,34-44H,22-27H2,1-6H3/t34-,35-,36+,37-,38+,39+,40-,41-,42?,43-,44-/m1/s1. The van der Waals surface area contributed by atoms with Crippen molar-refractivity contribution < 1.29 is 66.5 Å². The van der Waals surface area contributed by atoms with Crippen molar-refractivity contribution >= 4 is 26.0 Å². The summed E-state index contributed by atoms with van der Waals surface area (Å²) in [4.78, 5) is 37.4. The zero-order valence-corrected chi connectivity index (χ0v) is 35.5. The van der Waals surface area contributed by atoms with Crippen molar-refractivity contribution in [3.63, 3.8) is 0 Å². The summed E-state index contributed by atoms with van der Waals surface area (Å²) in [6, 6.07) is 29.5. The minimum atomic E-state index is -1.57. The van der Waals surface area contributed by atoms with Gasteiger partial charge in [0, 0.05) is 41.0 Å². The van der Waals surface area contributed by atoms with Gasteiger partial charge in [-0.2, -0.15) is 0 Å². The van der Waals surface area contributed by atoms with Crippen LogP contribution in [0.5, 0.6) is 0 Å². The lowest BCUT2D eigenvalue weighted by Crippen LogP contribution is -2.67. The maximum atomic E-state index is 12.8.